The van der Waals surface area contributed by atoms with Gasteiger partial charge in [0.1, 0.15) is 0 Å². The fraction of sp³-hybridized carbons (Fsp3) is 0.222. The van der Waals surface area contributed by atoms with Gasteiger partial charge in [-0.25, -0.2) is 15.0 Å². The molecule has 0 aliphatic carbocycles. The number of amides is 2. The number of nitrogens with zero attached hydrogens (tertiary/aromatic N) is 4. The number of rotatable bonds is 4. The molecule has 33 heavy (non-hydrogen) atoms. The third kappa shape index (κ3) is 6.98. The number of aromatic nitrogens is 2. The van der Waals surface area contributed by atoms with Crippen LogP contribution in [0.4, 0.5) is 32.3 Å². The van der Waals surface area contributed by atoms with Crippen molar-refractivity contribution in [1.82, 2.24) is 15.3 Å². The Bertz CT molecular complexity index is 1070. The van der Waals surface area contributed by atoms with Gasteiger partial charge in [0.2, 0.25) is 0 Å². The first-order chi connectivity index (χ1) is 15.2. The molecule has 0 bridgehead atoms. The van der Waals surface area contributed by atoms with Gasteiger partial charge in [0, 0.05) is 18.0 Å². The van der Waals surface area contributed by atoms with Crippen molar-refractivity contribution in [2.75, 3.05) is 0 Å². The molecule has 1 heterocycles. The summed E-state index contributed by atoms with van der Waals surface area (Å²) in [5.41, 5.74) is 6.12. The topological polar surface area (TPSA) is 149 Å². The normalized spacial score (nSPS) is 14.0. The van der Waals surface area contributed by atoms with Crippen molar-refractivity contribution >= 4 is 29.4 Å². The summed E-state index contributed by atoms with van der Waals surface area (Å²) in [6.45, 7) is 1.23. The molecule has 2 aromatic rings. The highest BCUT2D eigenvalue weighted by Crippen LogP contribution is 2.36. The number of amidine groups is 2. The molecule has 0 aliphatic rings. The van der Waals surface area contributed by atoms with Gasteiger partial charge in [0.05, 0.1) is 17.2 Å². The third-order valence-electron chi connectivity index (χ3n) is 3.84. The number of hydrogen-bond donors (Lipinski definition) is 3. The molecular weight excluding hydrogens is 460 g/mol. The number of halogens is 6. The van der Waals surface area contributed by atoms with Crippen LogP contribution in [-0.4, -0.2) is 39.5 Å². The van der Waals surface area contributed by atoms with E-state index in [2.05, 4.69) is 25.3 Å². The zero-order valence-corrected chi connectivity index (χ0v) is 16.6. The average Bonchev–Trinajstić information content (AvgIpc) is 2.72. The average molecular weight is 475 g/mol. The number of carbonyl (C=O) groups excluding carboxylic acids is 2. The van der Waals surface area contributed by atoms with Gasteiger partial charge in [-0.15, -0.1) is 0 Å². The van der Waals surface area contributed by atoms with Crippen LogP contribution in [0.3, 0.4) is 0 Å². The highest BCUT2D eigenvalue weighted by Gasteiger charge is 2.37. The molecule has 1 atom stereocenters. The maximum absolute atomic E-state index is 13.0. The molecule has 0 aliphatic heterocycles. The Labute approximate surface area is 181 Å². The van der Waals surface area contributed by atoms with E-state index in [1.54, 1.807) is 0 Å². The fourth-order valence-electron chi connectivity index (χ4n) is 2.28. The van der Waals surface area contributed by atoms with Gasteiger partial charge in [-0.05, 0) is 31.2 Å². The minimum absolute atomic E-state index is 0.113. The first-order valence-corrected chi connectivity index (χ1v) is 8.78. The second-order valence-electron chi connectivity index (χ2n) is 6.37. The maximum atomic E-state index is 13.0. The Morgan fingerprint density at radius 1 is 0.970 bits per heavy atom. The van der Waals surface area contributed by atoms with Crippen LogP contribution in [0.2, 0.25) is 0 Å². The molecule has 1 aromatic carbocycles. The third-order valence-corrected chi connectivity index (χ3v) is 3.84. The summed E-state index contributed by atoms with van der Waals surface area (Å²) >= 11 is 0. The van der Waals surface area contributed by atoms with Gasteiger partial charge in [0.15, 0.2) is 11.7 Å². The monoisotopic (exact) mass is 475 g/mol. The predicted molar refractivity (Wildman–Crippen MR) is 103 cm³/mol. The predicted octanol–water partition coefficient (Wildman–Crippen LogP) is 2.21. The van der Waals surface area contributed by atoms with E-state index >= 15 is 0 Å². The number of hydrogen-bond acceptors (Lipinski definition) is 5. The smallest absolute Gasteiger partial charge is 0.379 e. The Kier molecular flexibility index (Phi) is 7.35. The number of nitrogens with one attached hydrogen (secondary N) is 1. The van der Waals surface area contributed by atoms with Crippen molar-refractivity contribution in [1.29, 1.82) is 0 Å². The Morgan fingerprint density at radius 2 is 1.48 bits per heavy atom. The standard InChI is InChI=1S/C18H15F6N7O2/c1-8(14(30-12(25)13(26)32)31-16-27-3-2-4-28-16)29-15(33)9-5-10(17(19,20)21)7-11(6-9)18(22,23)24/h2-8H,1H3,(H2,26,32)(H,29,33)(H2,25,27,28,30,31). The summed E-state index contributed by atoms with van der Waals surface area (Å²) in [5, 5.41) is 2.14. The molecule has 2 amide bonds. The van der Waals surface area contributed by atoms with Crippen LogP contribution < -0.4 is 16.8 Å². The molecule has 1 unspecified atom stereocenters. The van der Waals surface area contributed by atoms with Crippen LogP contribution >= 0.6 is 0 Å². The second kappa shape index (κ2) is 9.62. The lowest BCUT2D eigenvalue weighted by molar-refractivity contribution is -0.143. The van der Waals surface area contributed by atoms with E-state index in [0.29, 0.717) is 0 Å². The van der Waals surface area contributed by atoms with Crippen LogP contribution in [-0.2, 0) is 17.1 Å². The molecule has 1 aromatic heterocycles. The first-order valence-electron chi connectivity index (χ1n) is 8.78. The summed E-state index contributed by atoms with van der Waals surface area (Å²) in [5.74, 6) is -3.78. The van der Waals surface area contributed by atoms with Crippen molar-refractivity contribution in [2.45, 2.75) is 25.3 Å². The SMILES string of the molecule is CC(NC(=O)c1cc(C(F)(F)F)cc(C(F)(F)F)c1)C(N=C(N)C(N)=O)=Nc1ncccn1. The van der Waals surface area contributed by atoms with Crippen molar-refractivity contribution in [3.8, 4) is 0 Å². The lowest BCUT2D eigenvalue weighted by atomic mass is 10.0. The summed E-state index contributed by atoms with van der Waals surface area (Å²) in [4.78, 5) is 38.8. The minimum Gasteiger partial charge on any atom is -0.379 e. The van der Waals surface area contributed by atoms with E-state index in [1.807, 2.05) is 0 Å². The van der Waals surface area contributed by atoms with E-state index in [-0.39, 0.29) is 24.1 Å². The number of alkyl halides is 6. The number of primary amides is 1. The van der Waals surface area contributed by atoms with E-state index in [4.69, 9.17) is 11.5 Å². The molecular formula is C18H15F6N7O2. The molecule has 0 radical (unpaired) electrons. The van der Waals surface area contributed by atoms with E-state index in [9.17, 15) is 35.9 Å². The van der Waals surface area contributed by atoms with Crippen molar-refractivity contribution in [2.24, 2.45) is 21.5 Å². The Balaban J connectivity index is 2.45. The summed E-state index contributed by atoms with van der Waals surface area (Å²) in [6.07, 6.45) is -7.68. The Hall–Kier alpha value is -4.04. The van der Waals surface area contributed by atoms with Crippen molar-refractivity contribution in [3.63, 3.8) is 0 Å². The van der Waals surface area contributed by atoms with Crippen molar-refractivity contribution < 1.29 is 35.9 Å². The van der Waals surface area contributed by atoms with Gasteiger partial charge in [-0.3, -0.25) is 9.59 Å². The second-order valence-corrected chi connectivity index (χ2v) is 6.37. The zero-order valence-electron chi connectivity index (χ0n) is 16.6. The van der Waals surface area contributed by atoms with Crippen LogP contribution in [0.25, 0.3) is 0 Å². The molecule has 176 valence electrons. The Morgan fingerprint density at radius 3 is 1.94 bits per heavy atom. The van der Waals surface area contributed by atoms with Crippen molar-refractivity contribution in [3.05, 3.63) is 53.3 Å². The minimum atomic E-state index is -5.14. The number of benzene rings is 1. The van der Waals surface area contributed by atoms with E-state index in [0.717, 1.165) is 0 Å². The molecule has 0 saturated heterocycles. The van der Waals surface area contributed by atoms with Crippen LogP contribution in [0, 0.1) is 0 Å². The zero-order chi connectivity index (χ0) is 25.0. The summed E-state index contributed by atoms with van der Waals surface area (Å²) < 4.78 is 78.3. The first kappa shape index (κ1) is 25.2. The lowest BCUT2D eigenvalue weighted by Gasteiger charge is -2.17. The molecule has 5 N–H and O–H groups in total. The highest BCUT2D eigenvalue weighted by atomic mass is 19.4. The van der Waals surface area contributed by atoms with Crippen LogP contribution in [0.5, 0.6) is 0 Å². The number of aliphatic imine (C=N–C) groups is 2. The number of carbonyl (C=O) groups is 2. The molecule has 0 fully saturated rings. The van der Waals surface area contributed by atoms with E-state index < -0.39 is 58.6 Å². The van der Waals surface area contributed by atoms with Gasteiger partial charge >= 0.3 is 12.4 Å². The quantitative estimate of drug-likeness (QED) is 0.352. The maximum Gasteiger partial charge on any atom is 0.416 e. The van der Waals surface area contributed by atoms with Gasteiger partial charge in [0.25, 0.3) is 17.8 Å². The van der Waals surface area contributed by atoms with E-state index in [1.165, 1.54) is 25.4 Å². The molecule has 9 nitrogen and oxygen atoms in total. The summed E-state index contributed by atoms with van der Waals surface area (Å²) in [6, 6.07) is 0.586. The molecule has 15 heteroatoms. The number of nitrogens with two attached hydrogens (primary N) is 2. The van der Waals surface area contributed by atoms with Gasteiger partial charge < -0.3 is 16.8 Å². The molecule has 0 spiro atoms. The molecule has 0 saturated carbocycles. The largest absolute Gasteiger partial charge is 0.416 e. The van der Waals surface area contributed by atoms with Crippen LogP contribution in [0.15, 0.2) is 46.6 Å². The highest BCUT2D eigenvalue weighted by molar-refractivity contribution is 6.38. The van der Waals surface area contributed by atoms with Crippen LogP contribution in [0.1, 0.15) is 28.4 Å². The summed E-state index contributed by atoms with van der Waals surface area (Å²) in [7, 11) is 0. The molecule has 2 rings (SSSR count). The fourth-order valence-corrected chi connectivity index (χ4v) is 2.28. The van der Waals surface area contributed by atoms with Gasteiger partial charge in [-0.1, -0.05) is 0 Å². The van der Waals surface area contributed by atoms with Gasteiger partial charge in [-0.2, -0.15) is 31.3 Å². The lowest BCUT2D eigenvalue weighted by Crippen LogP contribution is -2.40.